The number of carbonyl (C=O) groups is 5. The molecule has 2 rings (SSSR count). The number of aryl methyl sites for hydroxylation is 1. The minimum atomic E-state index is -3.65. The lowest BCUT2D eigenvalue weighted by atomic mass is 10.0. The number of amides is 5. The second kappa shape index (κ2) is 16.8. The van der Waals surface area contributed by atoms with Crippen LogP contribution in [0.3, 0.4) is 0 Å². The first-order valence-corrected chi connectivity index (χ1v) is 15.5. The van der Waals surface area contributed by atoms with Gasteiger partial charge in [-0.2, -0.15) is 0 Å². The molecule has 2 aromatic rings. The van der Waals surface area contributed by atoms with Gasteiger partial charge in [0.05, 0.1) is 0 Å². The molecule has 1 aromatic heterocycles. The van der Waals surface area contributed by atoms with E-state index in [-0.39, 0.29) is 50.6 Å². The summed E-state index contributed by atoms with van der Waals surface area (Å²) in [4.78, 5) is 60.6. The maximum absolute atomic E-state index is 13.2. The summed E-state index contributed by atoms with van der Waals surface area (Å²) in [5.74, 6) is -1.92. The van der Waals surface area contributed by atoms with Crippen LogP contribution >= 0.6 is 0 Å². The van der Waals surface area contributed by atoms with E-state index in [4.69, 9.17) is 15.3 Å². The second-order valence-corrected chi connectivity index (χ2v) is 12.0. The summed E-state index contributed by atoms with van der Waals surface area (Å²) >= 11 is 0. The van der Waals surface area contributed by atoms with Crippen LogP contribution in [0.1, 0.15) is 51.0 Å². The fourth-order valence-corrected chi connectivity index (χ4v) is 4.21. The summed E-state index contributed by atoms with van der Waals surface area (Å²) in [5, 5.41) is 25.7. The molecular formula is C26H37N7O10S. The lowest BCUT2D eigenvalue weighted by Crippen LogP contribution is -2.54. The highest BCUT2D eigenvalue weighted by atomic mass is 32.2. The van der Waals surface area contributed by atoms with Crippen LogP contribution in [0.2, 0.25) is 0 Å². The first kappa shape index (κ1) is 35.5. The molecule has 0 spiro atoms. The van der Waals surface area contributed by atoms with E-state index in [1.807, 2.05) is 0 Å². The fraction of sp³-hybridized carbons (Fsp3) is 0.500. The van der Waals surface area contributed by atoms with Crippen LogP contribution < -0.4 is 27.0 Å². The summed E-state index contributed by atoms with van der Waals surface area (Å²) < 4.78 is 32.5. The largest absolute Gasteiger partial charge is 0.506 e. The molecule has 0 aliphatic rings. The van der Waals surface area contributed by atoms with E-state index in [1.54, 1.807) is 38.1 Å². The Balaban J connectivity index is 2.01. The molecule has 7 N–H and O–H groups in total. The molecule has 44 heavy (non-hydrogen) atoms. The highest BCUT2D eigenvalue weighted by Crippen LogP contribution is 2.13. The first-order chi connectivity index (χ1) is 20.6. The quantitative estimate of drug-likeness (QED) is 0.103. The van der Waals surface area contributed by atoms with E-state index >= 15 is 0 Å². The number of urea groups is 1. The number of aromatic nitrogens is 2. The van der Waals surface area contributed by atoms with E-state index in [9.17, 15) is 32.4 Å². The Morgan fingerprint density at radius 3 is 2.27 bits per heavy atom. The number of nitrogens with two attached hydrogens (primary N) is 1. The van der Waals surface area contributed by atoms with E-state index in [0.717, 1.165) is 6.26 Å². The number of benzene rings is 1. The van der Waals surface area contributed by atoms with Crippen molar-refractivity contribution in [3.05, 3.63) is 35.7 Å². The van der Waals surface area contributed by atoms with Gasteiger partial charge in [0.2, 0.25) is 33.4 Å². The topological polar surface area (TPSA) is 262 Å². The number of sulfone groups is 1. The van der Waals surface area contributed by atoms with Crippen LogP contribution in [0, 0.1) is 5.92 Å². The highest BCUT2D eigenvalue weighted by Gasteiger charge is 2.29. The molecule has 0 aliphatic heterocycles. The van der Waals surface area contributed by atoms with Crippen LogP contribution in [0.5, 0.6) is 0 Å². The minimum Gasteiger partial charge on any atom is -0.450 e. The predicted molar refractivity (Wildman–Crippen MR) is 154 cm³/mol. The number of primary amides is 1. The lowest BCUT2D eigenvalue weighted by molar-refractivity contribution is -0.132. The molecule has 0 fully saturated rings. The predicted octanol–water partition coefficient (Wildman–Crippen LogP) is 0.703. The Labute approximate surface area is 253 Å². The molecule has 0 radical (unpaired) electrons. The highest BCUT2D eigenvalue weighted by molar-refractivity contribution is 7.90. The van der Waals surface area contributed by atoms with Gasteiger partial charge in [-0.3, -0.25) is 14.4 Å². The molecule has 2 unspecified atom stereocenters. The molecule has 18 heteroatoms. The lowest BCUT2D eigenvalue weighted by Gasteiger charge is -2.25. The van der Waals surface area contributed by atoms with Gasteiger partial charge in [0, 0.05) is 31.3 Å². The van der Waals surface area contributed by atoms with Gasteiger partial charge in [-0.15, -0.1) is 5.10 Å². The number of ether oxygens (including phenoxy) is 1. The van der Waals surface area contributed by atoms with Gasteiger partial charge in [0.1, 0.15) is 18.7 Å². The van der Waals surface area contributed by atoms with Crippen molar-refractivity contribution < 1.29 is 46.7 Å². The molecule has 1 heterocycles. The third kappa shape index (κ3) is 12.6. The zero-order valence-corrected chi connectivity index (χ0v) is 25.3. The summed E-state index contributed by atoms with van der Waals surface area (Å²) in [6.45, 7) is 3.43. The maximum atomic E-state index is 13.2. The van der Waals surface area contributed by atoms with E-state index in [0.29, 0.717) is 17.7 Å². The van der Waals surface area contributed by atoms with E-state index in [1.165, 1.54) is 0 Å². The average Bonchev–Trinajstić information content (AvgIpc) is 3.42. The Bertz CT molecular complexity index is 1410. The van der Waals surface area contributed by atoms with Gasteiger partial charge < -0.3 is 41.3 Å². The molecular weight excluding hydrogens is 602 g/mol. The number of carbonyl (C=O) groups excluding carboxylic acids is 4. The smallest absolute Gasteiger partial charge is 0.450 e. The molecule has 0 saturated heterocycles. The molecule has 0 saturated carbocycles. The van der Waals surface area contributed by atoms with Crippen molar-refractivity contribution in [1.29, 1.82) is 0 Å². The molecule has 0 aliphatic carbocycles. The van der Waals surface area contributed by atoms with E-state index < -0.39 is 57.1 Å². The van der Waals surface area contributed by atoms with Crippen LogP contribution in [0.25, 0.3) is 0 Å². The van der Waals surface area contributed by atoms with Gasteiger partial charge in [-0.1, -0.05) is 31.1 Å². The zero-order chi connectivity index (χ0) is 32.9. The van der Waals surface area contributed by atoms with Crippen LogP contribution in [-0.4, -0.2) is 78.5 Å². The summed E-state index contributed by atoms with van der Waals surface area (Å²) in [7, 11) is -3.65. The van der Waals surface area contributed by atoms with Crippen molar-refractivity contribution in [2.75, 3.05) is 18.1 Å². The Hall–Kier alpha value is -4.74. The normalized spacial score (nSPS) is 12.5. The average molecular weight is 640 g/mol. The molecule has 0 bridgehead atoms. The van der Waals surface area contributed by atoms with Crippen LogP contribution in [0.15, 0.2) is 33.9 Å². The number of rotatable bonds is 17. The zero-order valence-electron chi connectivity index (χ0n) is 24.5. The Morgan fingerprint density at radius 1 is 1.02 bits per heavy atom. The minimum absolute atomic E-state index is 0.0245. The van der Waals surface area contributed by atoms with Gasteiger partial charge in [-0.05, 0) is 42.9 Å². The number of hydrogen-bond acceptors (Lipinski definition) is 11. The van der Waals surface area contributed by atoms with Gasteiger partial charge in [0.15, 0.2) is 0 Å². The SMILES string of the molecule is CC(C)C(NC(=O)CCCc1nnc(S(C)(=O)=O)o1)C(=O)NC(CCCNC(N)=O)C(=O)Nc1ccc(COC(=O)O)cc1. The van der Waals surface area contributed by atoms with Crippen molar-refractivity contribution in [2.45, 2.75) is 69.9 Å². The molecule has 5 amide bonds. The summed E-state index contributed by atoms with van der Waals surface area (Å²) in [6.07, 6.45) is 0.288. The summed E-state index contributed by atoms with van der Waals surface area (Å²) in [5.41, 5.74) is 6.02. The molecule has 242 valence electrons. The van der Waals surface area contributed by atoms with Crippen molar-refractivity contribution >= 4 is 45.4 Å². The third-order valence-corrected chi connectivity index (χ3v) is 6.81. The van der Waals surface area contributed by atoms with Crippen molar-refractivity contribution in [3.63, 3.8) is 0 Å². The molecule has 17 nitrogen and oxygen atoms in total. The number of carboxylic acid groups (broad SMARTS) is 1. The monoisotopic (exact) mass is 639 g/mol. The fourth-order valence-electron chi connectivity index (χ4n) is 3.78. The number of nitrogens with one attached hydrogen (secondary N) is 4. The number of nitrogens with zero attached hydrogens (tertiary/aromatic N) is 2. The first-order valence-electron chi connectivity index (χ1n) is 13.6. The Kier molecular flexibility index (Phi) is 13.5. The van der Waals surface area contributed by atoms with Gasteiger partial charge in [0.25, 0.3) is 0 Å². The van der Waals surface area contributed by atoms with Crippen molar-refractivity contribution in [3.8, 4) is 0 Å². The standard InChI is InChI=1S/C26H37N7O10S/c1-15(2)21(31-19(34)7-4-8-20-32-33-25(43-20)44(3,40)41)23(36)30-18(6-5-13-28-24(27)37)22(35)29-17-11-9-16(10-12-17)14-42-26(38)39/h9-12,15,18,21H,4-8,13-14H2,1-3H3,(H,29,35)(H,30,36)(H,31,34)(H,38,39)(H3,27,28,37). The van der Waals surface area contributed by atoms with Crippen molar-refractivity contribution in [1.82, 2.24) is 26.1 Å². The number of hydrogen-bond donors (Lipinski definition) is 6. The van der Waals surface area contributed by atoms with Gasteiger partial charge in [-0.25, -0.2) is 18.0 Å². The third-order valence-electron chi connectivity index (χ3n) is 6.01. The summed E-state index contributed by atoms with van der Waals surface area (Å²) in [6, 6.07) is 3.44. The van der Waals surface area contributed by atoms with E-state index in [2.05, 4.69) is 36.2 Å². The Morgan fingerprint density at radius 2 is 1.70 bits per heavy atom. The molecule has 2 atom stereocenters. The molecule has 1 aromatic carbocycles. The van der Waals surface area contributed by atoms with Gasteiger partial charge >= 0.3 is 17.4 Å². The number of anilines is 1. The maximum Gasteiger partial charge on any atom is 0.506 e. The van der Waals surface area contributed by atoms with Crippen LogP contribution in [0.4, 0.5) is 15.3 Å². The van der Waals surface area contributed by atoms with Crippen molar-refractivity contribution in [2.24, 2.45) is 11.7 Å². The van der Waals surface area contributed by atoms with Crippen LogP contribution in [-0.2, 0) is 42.0 Å². The second-order valence-electron chi connectivity index (χ2n) is 10.1.